The Bertz CT molecular complexity index is 1940. The molecule has 0 N–H and O–H groups in total. The van der Waals surface area contributed by atoms with E-state index in [0.717, 1.165) is 55.9 Å². The Kier molecular flexibility index (Phi) is 12.6. The molecule has 0 bridgehead atoms. The van der Waals surface area contributed by atoms with Gasteiger partial charge in [0.2, 0.25) is 5.95 Å². The van der Waals surface area contributed by atoms with Crippen LogP contribution in [0.15, 0.2) is 41.6 Å². The number of sulfonamides is 3. The molecule has 13 nitrogen and oxygen atoms in total. The number of benzene rings is 1. The van der Waals surface area contributed by atoms with Crippen molar-refractivity contribution in [1.82, 2.24) is 19.2 Å². The predicted molar refractivity (Wildman–Crippen MR) is 215 cm³/mol. The molecule has 16 heteroatoms. The van der Waals surface area contributed by atoms with E-state index in [1.807, 2.05) is 41.5 Å². The average molecular weight is 821 g/mol. The highest BCUT2D eigenvalue weighted by Crippen LogP contribution is 2.45. The van der Waals surface area contributed by atoms with Crippen LogP contribution >= 0.6 is 0 Å². The monoisotopic (exact) mass is 820 g/mol. The van der Waals surface area contributed by atoms with E-state index in [9.17, 15) is 13.2 Å². The lowest BCUT2D eigenvalue weighted by Gasteiger charge is -2.43. The standard InChI is InChI=1S/C39H60N6O7S3/c1-27(2)32-13-10-29(5)24-35(32)54(49,50)45(55(51,52)36-25-30(6)11-14-33(36)28(3)4)31-12-15-34-37(26-31)53(47,48)44(38(34)46)19-8-7-18-42-20-22-43(23-21-42)39-40-16-9-17-41-39/h9,12,15-17,26-30,32-33,35-36H,7-8,10-11,13-14,18-25H2,1-6H3. The van der Waals surface area contributed by atoms with Gasteiger partial charge in [0.25, 0.3) is 36.0 Å². The van der Waals surface area contributed by atoms with Crippen LogP contribution in [0.5, 0.6) is 0 Å². The first-order chi connectivity index (χ1) is 25.9. The van der Waals surface area contributed by atoms with Gasteiger partial charge in [0.05, 0.1) is 21.8 Å². The smallest absolute Gasteiger partial charge is 0.269 e. The minimum Gasteiger partial charge on any atom is -0.338 e. The normalized spacial score (nSPS) is 27.8. The number of aromatic nitrogens is 2. The number of anilines is 2. The van der Waals surface area contributed by atoms with Crippen LogP contribution in [0.2, 0.25) is 0 Å². The molecule has 6 unspecified atom stereocenters. The van der Waals surface area contributed by atoms with E-state index in [4.69, 9.17) is 0 Å². The zero-order valence-electron chi connectivity index (χ0n) is 33.2. The molecule has 6 rings (SSSR count). The van der Waals surface area contributed by atoms with Crippen LogP contribution in [-0.2, 0) is 30.1 Å². The largest absolute Gasteiger partial charge is 0.338 e. The highest BCUT2D eigenvalue weighted by atomic mass is 32.3. The molecular weight excluding hydrogens is 761 g/mol. The Morgan fingerprint density at radius 3 is 1.84 bits per heavy atom. The molecule has 1 aromatic heterocycles. The summed E-state index contributed by atoms with van der Waals surface area (Å²) in [6, 6.07) is 5.52. The minimum atomic E-state index is -4.57. The fourth-order valence-corrected chi connectivity index (χ4v) is 17.1. The van der Waals surface area contributed by atoms with E-state index in [1.165, 1.54) is 12.1 Å². The van der Waals surface area contributed by atoms with Crippen molar-refractivity contribution >= 4 is 47.6 Å². The number of carbonyl (C=O) groups excluding carboxylic acids is 1. The van der Waals surface area contributed by atoms with Crippen LogP contribution in [0.25, 0.3) is 0 Å². The first-order valence-electron chi connectivity index (χ1n) is 20.2. The molecule has 306 valence electrons. The van der Waals surface area contributed by atoms with Crippen LogP contribution < -0.4 is 8.61 Å². The van der Waals surface area contributed by atoms with Gasteiger partial charge in [-0.05, 0) is 105 Å². The molecule has 55 heavy (non-hydrogen) atoms. The molecule has 0 spiro atoms. The maximum Gasteiger partial charge on any atom is 0.269 e. The summed E-state index contributed by atoms with van der Waals surface area (Å²) in [5.41, 5.74) is -0.311. The molecule has 2 aliphatic heterocycles. The number of carbonyl (C=O) groups is 1. The highest BCUT2D eigenvalue weighted by Gasteiger charge is 2.52. The molecular formula is C39H60N6O7S3. The summed E-state index contributed by atoms with van der Waals surface area (Å²) in [6.07, 6.45) is 8.22. The van der Waals surface area contributed by atoms with Crippen LogP contribution in [-0.4, -0.2) is 100 Å². The van der Waals surface area contributed by atoms with E-state index < -0.39 is 46.5 Å². The second kappa shape index (κ2) is 16.6. The van der Waals surface area contributed by atoms with Gasteiger partial charge in [-0.3, -0.25) is 9.69 Å². The molecule has 1 aromatic carbocycles. The maximum atomic E-state index is 15.1. The molecule has 4 aliphatic rings. The fourth-order valence-electron chi connectivity index (χ4n) is 9.41. The summed E-state index contributed by atoms with van der Waals surface area (Å²) in [5.74, 6) is -0.353. The van der Waals surface area contributed by atoms with Crippen molar-refractivity contribution in [1.29, 1.82) is 0 Å². The lowest BCUT2D eigenvalue weighted by atomic mass is 9.77. The lowest BCUT2D eigenvalue weighted by Crippen LogP contribution is -2.53. The summed E-state index contributed by atoms with van der Waals surface area (Å²) < 4.78 is 90.0. The summed E-state index contributed by atoms with van der Waals surface area (Å²) >= 11 is 0. The van der Waals surface area contributed by atoms with E-state index in [0.29, 0.717) is 48.2 Å². The van der Waals surface area contributed by atoms with Crippen LogP contribution in [0.4, 0.5) is 11.6 Å². The third kappa shape index (κ3) is 8.43. The van der Waals surface area contributed by atoms with Gasteiger partial charge in [-0.15, -0.1) is 0 Å². The van der Waals surface area contributed by atoms with Gasteiger partial charge in [0.15, 0.2) is 0 Å². The summed E-state index contributed by atoms with van der Waals surface area (Å²) in [4.78, 5) is 26.4. The first kappa shape index (κ1) is 41.8. The molecule has 2 saturated carbocycles. The van der Waals surface area contributed by atoms with E-state index >= 15 is 16.8 Å². The van der Waals surface area contributed by atoms with E-state index in [2.05, 4.69) is 19.8 Å². The van der Waals surface area contributed by atoms with Crippen LogP contribution in [0.3, 0.4) is 0 Å². The summed E-state index contributed by atoms with van der Waals surface area (Å²) in [6.45, 7) is 15.8. The summed E-state index contributed by atoms with van der Waals surface area (Å²) in [7, 11) is -13.5. The molecule has 0 radical (unpaired) electrons. The molecule has 6 atom stereocenters. The number of piperazine rings is 1. The predicted octanol–water partition coefficient (Wildman–Crippen LogP) is 5.61. The van der Waals surface area contributed by atoms with E-state index in [-0.39, 0.29) is 58.2 Å². The molecule has 2 aromatic rings. The van der Waals surface area contributed by atoms with Gasteiger partial charge >= 0.3 is 0 Å². The van der Waals surface area contributed by atoms with Crippen molar-refractivity contribution < 1.29 is 30.0 Å². The molecule has 1 saturated heterocycles. The SMILES string of the molecule is CC1CCC(C(C)C)C(S(=O)(=O)N(c2ccc3c(c2)S(=O)(=O)N(CCCCN2CCN(c4ncccn4)CC2)C3=O)S(=O)(=O)C2CC(C)CCC2C(C)C)C1. The van der Waals surface area contributed by atoms with Crippen molar-refractivity contribution in [2.45, 2.75) is 108 Å². The van der Waals surface area contributed by atoms with Gasteiger partial charge in [-0.1, -0.05) is 54.4 Å². The molecule has 1 amide bonds. The number of hydrogen-bond donors (Lipinski definition) is 0. The zero-order valence-corrected chi connectivity index (χ0v) is 35.7. The Morgan fingerprint density at radius 1 is 0.782 bits per heavy atom. The third-order valence-electron chi connectivity index (χ3n) is 12.6. The van der Waals surface area contributed by atoms with Crippen LogP contribution in [0, 0.1) is 35.5 Å². The Balaban J connectivity index is 1.26. The Hall–Kier alpha value is -2.82. The number of nitrogens with zero attached hydrogens (tertiary/aromatic N) is 6. The number of unbranched alkanes of at least 4 members (excludes halogenated alkanes) is 1. The Labute approximate surface area is 329 Å². The van der Waals surface area contributed by atoms with Crippen LogP contribution in [0.1, 0.15) is 103 Å². The van der Waals surface area contributed by atoms with Gasteiger partial charge in [0.1, 0.15) is 4.90 Å². The van der Waals surface area contributed by atoms with Crippen molar-refractivity contribution in [2.75, 3.05) is 47.9 Å². The third-order valence-corrected chi connectivity index (χ3v) is 19.7. The average Bonchev–Trinajstić information content (AvgIpc) is 3.33. The van der Waals surface area contributed by atoms with Gasteiger partial charge in [-0.2, -0.15) is 3.71 Å². The molecule has 2 aliphatic carbocycles. The van der Waals surface area contributed by atoms with Crippen molar-refractivity contribution in [3.63, 3.8) is 0 Å². The fraction of sp³-hybridized carbons (Fsp3) is 0.718. The number of fused-ring (bicyclic) bond motifs is 1. The second-order valence-corrected chi connectivity index (χ2v) is 23.2. The second-order valence-electron chi connectivity index (χ2n) is 17.2. The van der Waals surface area contributed by atoms with Crippen molar-refractivity contribution in [2.24, 2.45) is 35.5 Å². The topological polar surface area (TPSA) is 158 Å². The van der Waals surface area contributed by atoms with E-state index in [1.54, 1.807) is 18.5 Å². The minimum absolute atomic E-state index is 0.00461. The number of hydrogen-bond acceptors (Lipinski definition) is 11. The quantitative estimate of drug-likeness (QED) is 0.231. The zero-order chi connectivity index (χ0) is 39.9. The van der Waals surface area contributed by atoms with Gasteiger partial charge in [-0.25, -0.2) is 39.5 Å². The highest BCUT2D eigenvalue weighted by molar-refractivity contribution is 8.10. The molecule has 3 fully saturated rings. The first-order valence-corrected chi connectivity index (χ1v) is 24.6. The maximum absolute atomic E-state index is 15.1. The number of amides is 1. The van der Waals surface area contributed by atoms with Crippen molar-refractivity contribution in [3.8, 4) is 0 Å². The van der Waals surface area contributed by atoms with Gasteiger partial charge < -0.3 is 4.90 Å². The molecule has 3 heterocycles. The number of rotatable bonds is 13. The Morgan fingerprint density at radius 2 is 1.31 bits per heavy atom. The van der Waals surface area contributed by atoms with Gasteiger partial charge in [0, 0.05) is 45.1 Å². The summed E-state index contributed by atoms with van der Waals surface area (Å²) in [5, 5.41) is -1.91. The van der Waals surface area contributed by atoms with Crippen molar-refractivity contribution in [3.05, 3.63) is 42.2 Å². The lowest BCUT2D eigenvalue weighted by molar-refractivity contribution is 0.0868.